The highest BCUT2D eigenvalue weighted by atomic mass is 16.3. The fourth-order valence-corrected chi connectivity index (χ4v) is 5.07. The van der Waals surface area contributed by atoms with Crippen LogP contribution in [-0.4, -0.2) is 57.7 Å². The Morgan fingerprint density at radius 2 is 1.83 bits per heavy atom. The molecule has 3 N–H and O–H groups in total. The van der Waals surface area contributed by atoms with E-state index in [4.69, 9.17) is 0 Å². The molecule has 1 atom stereocenters. The summed E-state index contributed by atoms with van der Waals surface area (Å²) in [5, 5.41) is 21.1. The molecule has 2 saturated heterocycles. The first-order chi connectivity index (χ1) is 14.7. The second-order valence-electron chi connectivity index (χ2n) is 8.64. The highest BCUT2D eigenvalue weighted by Gasteiger charge is 2.37. The van der Waals surface area contributed by atoms with Crippen LogP contribution in [0.1, 0.15) is 37.3 Å². The normalized spacial score (nSPS) is 20.4. The SMILES string of the molecule is O=CC(c1cc(-c2ccc(O)cc2)nc2[nH]ncc12)N1CCC2(CCNCC2)CC1. The van der Waals surface area contributed by atoms with Crippen molar-refractivity contribution in [2.75, 3.05) is 26.2 Å². The summed E-state index contributed by atoms with van der Waals surface area (Å²) in [6, 6.07) is 8.64. The number of rotatable bonds is 4. The molecule has 4 heterocycles. The maximum Gasteiger partial charge on any atom is 0.156 e. The van der Waals surface area contributed by atoms with Crippen LogP contribution in [0.5, 0.6) is 5.75 Å². The number of nitrogens with one attached hydrogen (secondary N) is 2. The summed E-state index contributed by atoms with van der Waals surface area (Å²) >= 11 is 0. The molecule has 5 rings (SSSR count). The zero-order chi connectivity index (χ0) is 20.6. The van der Waals surface area contributed by atoms with Crippen molar-refractivity contribution in [3.05, 3.63) is 42.1 Å². The Hall–Kier alpha value is -2.77. The molecule has 156 valence electrons. The predicted octanol–water partition coefficient (Wildman–Crippen LogP) is 3.04. The summed E-state index contributed by atoms with van der Waals surface area (Å²) < 4.78 is 0. The summed E-state index contributed by atoms with van der Waals surface area (Å²) in [4.78, 5) is 19.3. The summed E-state index contributed by atoms with van der Waals surface area (Å²) in [5.74, 6) is 0.215. The number of hydrogen-bond acceptors (Lipinski definition) is 6. The zero-order valence-electron chi connectivity index (χ0n) is 17.0. The molecule has 1 unspecified atom stereocenters. The number of pyridine rings is 1. The first-order valence-electron chi connectivity index (χ1n) is 10.7. The third-order valence-electron chi connectivity index (χ3n) is 6.98. The number of phenols is 1. The topological polar surface area (TPSA) is 94.1 Å². The van der Waals surface area contributed by atoms with E-state index in [0.29, 0.717) is 11.1 Å². The van der Waals surface area contributed by atoms with Crippen LogP contribution in [-0.2, 0) is 4.79 Å². The van der Waals surface area contributed by atoms with E-state index in [9.17, 15) is 9.90 Å². The van der Waals surface area contributed by atoms with Crippen molar-refractivity contribution < 1.29 is 9.90 Å². The van der Waals surface area contributed by atoms with E-state index in [1.165, 1.54) is 12.8 Å². The average molecular weight is 406 g/mol. The van der Waals surface area contributed by atoms with Crippen molar-refractivity contribution in [1.82, 2.24) is 25.4 Å². The number of likely N-dealkylation sites (tertiary alicyclic amines) is 1. The third kappa shape index (κ3) is 3.48. The van der Waals surface area contributed by atoms with Gasteiger partial charge in [0.05, 0.1) is 17.9 Å². The minimum absolute atomic E-state index is 0.215. The minimum atomic E-state index is -0.317. The molecule has 1 aromatic carbocycles. The highest BCUT2D eigenvalue weighted by molar-refractivity contribution is 5.85. The van der Waals surface area contributed by atoms with Crippen LogP contribution in [0.4, 0.5) is 0 Å². The molecule has 2 aromatic heterocycles. The molecule has 0 amide bonds. The second kappa shape index (κ2) is 7.81. The molecule has 2 aliphatic rings. The lowest BCUT2D eigenvalue weighted by molar-refractivity contribution is -0.113. The van der Waals surface area contributed by atoms with Crippen molar-refractivity contribution in [3.63, 3.8) is 0 Å². The van der Waals surface area contributed by atoms with Crippen LogP contribution in [0.2, 0.25) is 0 Å². The highest BCUT2D eigenvalue weighted by Crippen LogP contribution is 2.42. The van der Waals surface area contributed by atoms with E-state index < -0.39 is 0 Å². The Bertz CT molecular complexity index is 1030. The van der Waals surface area contributed by atoms with E-state index in [0.717, 1.165) is 67.5 Å². The largest absolute Gasteiger partial charge is 0.508 e. The van der Waals surface area contributed by atoms with Crippen LogP contribution in [0.3, 0.4) is 0 Å². The lowest BCUT2D eigenvalue weighted by Gasteiger charge is -2.45. The van der Waals surface area contributed by atoms with Crippen molar-refractivity contribution in [2.24, 2.45) is 5.41 Å². The lowest BCUT2D eigenvalue weighted by Crippen LogP contribution is -2.46. The van der Waals surface area contributed by atoms with Gasteiger partial charge in [-0.2, -0.15) is 5.10 Å². The Morgan fingerprint density at radius 1 is 1.10 bits per heavy atom. The molecule has 7 heteroatoms. The fourth-order valence-electron chi connectivity index (χ4n) is 5.07. The summed E-state index contributed by atoms with van der Waals surface area (Å²) in [7, 11) is 0. The Morgan fingerprint density at radius 3 is 2.53 bits per heavy atom. The van der Waals surface area contributed by atoms with Crippen molar-refractivity contribution in [3.8, 4) is 17.0 Å². The van der Waals surface area contributed by atoms with Crippen LogP contribution in [0.15, 0.2) is 36.5 Å². The first-order valence-corrected chi connectivity index (χ1v) is 10.7. The fraction of sp³-hybridized carbons (Fsp3) is 0.435. The Labute approximate surface area is 175 Å². The lowest BCUT2D eigenvalue weighted by atomic mass is 9.71. The van der Waals surface area contributed by atoms with Crippen LogP contribution < -0.4 is 5.32 Å². The number of carbonyl (C=O) groups is 1. The van der Waals surface area contributed by atoms with Gasteiger partial charge in [-0.05, 0) is 93.2 Å². The van der Waals surface area contributed by atoms with Gasteiger partial charge in [0.15, 0.2) is 5.65 Å². The smallest absolute Gasteiger partial charge is 0.156 e. The molecule has 0 aliphatic carbocycles. The molecule has 1 spiro atoms. The molecule has 2 fully saturated rings. The average Bonchev–Trinajstić information content (AvgIpc) is 3.26. The molecule has 7 nitrogen and oxygen atoms in total. The number of aromatic hydroxyl groups is 1. The third-order valence-corrected chi connectivity index (χ3v) is 6.98. The van der Waals surface area contributed by atoms with E-state index in [2.05, 4.69) is 25.4 Å². The van der Waals surface area contributed by atoms with Gasteiger partial charge in [-0.15, -0.1) is 0 Å². The number of benzene rings is 1. The number of carbonyl (C=O) groups excluding carboxylic acids is 1. The molecular formula is C23H27N5O2. The van der Waals surface area contributed by atoms with Gasteiger partial charge in [0, 0.05) is 10.9 Å². The van der Waals surface area contributed by atoms with Crippen LogP contribution in [0.25, 0.3) is 22.3 Å². The molecule has 0 bridgehead atoms. The van der Waals surface area contributed by atoms with Crippen LogP contribution in [0, 0.1) is 5.41 Å². The van der Waals surface area contributed by atoms with Gasteiger partial charge >= 0.3 is 0 Å². The number of aldehydes is 1. The van der Waals surface area contributed by atoms with Gasteiger partial charge in [0.2, 0.25) is 0 Å². The van der Waals surface area contributed by atoms with Gasteiger partial charge in [-0.1, -0.05) is 0 Å². The molecule has 0 saturated carbocycles. The Kier molecular flexibility index (Phi) is 5.00. The van der Waals surface area contributed by atoms with E-state index in [1.54, 1.807) is 18.3 Å². The molecule has 3 aromatic rings. The molecule has 2 aliphatic heterocycles. The monoisotopic (exact) mass is 405 g/mol. The number of aromatic nitrogens is 3. The van der Waals surface area contributed by atoms with Crippen molar-refractivity contribution >= 4 is 17.3 Å². The first kappa shape index (κ1) is 19.2. The van der Waals surface area contributed by atoms with Gasteiger partial charge in [0.1, 0.15) is 12.0 Å². The molecular weight excluding hydrogens is 378 g/mol. The number of piperidine rings is 2. The zero-order valence-corrected chi connectivity index (χ0v) is 17.0. The summed E-state index contributed by atoms with van der Waals surface area (Å²) in [6.45, 7) is 4.07. The van der Waals surface area contributed by atoms with E-state index in [-0.39, 0.29) is 11.8 Å². The number of phenolic OH excluding ortho intramolecular Hbond substituents is 1. The number of nitrogens with zero attached hydrogens (tertiary/aromatic N) is 3. The number of hydrogen-bond donors (Lipinski definition) is 3. The van der Waals surface area contributed by atoms with E-state index >= 15 is 0 Å². The maximum absolute atomic E-state index is 12.3. The van der Waals surface area contributed by atoms with Gasteiger partial charge in [0.25, 0.3) is 0 Å². The van der Waals surface area contributed by atoms with Gasteiger partial charge in [-0.25, -0.2) is 4.98 Å². The molecule has 0 radical (unpaired) electrons. The van der Waals surface area contributed by atoms with Gasteiger partial charge in [-0.3, -0.25) is 10.00 Å². The van der Waals surface area contributed by atoms with Crippen LogP contribution >= 0.6 is 0 Å². The number of H-pyrrole nitrogens is 1. The van der Waals surface area contributed by atoms with Crippen molar-refractivity contribution in [2.45, 2.75) is 31.7 Å². The molecule has 30 heavy (non-hydrogen) atoms. The maximum atomic E-state index is 12.3. The quantitative estimate of drug-likeness (QED) is 0.578. The standard InChI is InChI=1S/C23H27N5O2/c29-15-21(28-11-7-23(8-12-28)5-9-24-10-6-23)18-13-20(16-1-3-17(30)4-2-16)26-22-19(18)14-25-27-22/h1-4,13-15,21,24,30H,5-12H2,(H,25,26,27). The predicted molar refractivity (Wildman–Crippen MR) is 115 cm³/mol. The van der Waals surface area contributed by atoms with Crippen molar-refractivity contribution in [1.29, 1.82) is 0 Å². The Balaban J connectivity index is 1.47. The summed E-state index contributed by atoms with van der Waals surface area (Å²) in [5.41, 5.74) is 3.71. The number of aromatic amines is 1. The van der Waals surface area contributed by atoms with Gasteiger partial charge < -0.3 is 15.2 Å². The summed E-state index contributed by atoms with van der Waals surface area (Å²) in [6.07, 6.45) is 7.57. The second-order valence-corrected chi connectivity index (χ2v) is 8.64. The minimum Gasteiger partial charge on any atom is -0.508 e. The van der Waals surface area contributed by atoms with E-state index in [1.807, 2.05) is 18.2 Å². The number of fused-ring (bicyclic) bond motifs is 1.